The Morgan fingerprint density at radius 3 is 2.44 bits per heavy atom. The van der Waals surface area contributed by atoms with Crippen molar-refractivity contribution in [2.45, 2.75) is 13.3 Å². The summed E-state index contributed by atoms with van der Waals surface area (Å²) in [4.78, 5) is 10.5. The molecule has 0 heterocycles. The summed E-state index contributed by atoms with van der Waals surface area (Å²) in [7, 11) is 0. The SMILES string of the molecule is CC1CC1(CBr)C(=O)O. The molecule has 0 radical (unpaired) electrons. The second kappa shape index (κ2) is 1.97. The summed E-state index contributed by atoms with van der Waals surface area (Å²) in [5.41, 5.74) is -0.417. The summed E-state index contributed by atoms with van der Waals surface area (Å²) >= 11 is 3.19. The first-order valence-corrected chi connectivity index (χ1v) is 4.05. The highest BCUT2D eigenvalue weighted by molar-refractivity contribution is 9.09. The van der Waals surface area contributed by atoms with Crippen LogP contribution in [0.1, 0.15) is 13.3 Å². The van der Waals surface area contributed by atoms with Crippen molar-refractivity contribution in [3.63, 3.8) is 0 Å². The molecule has 2 unspecified atom stereocenters. The average molecular weight is 193 g/mol. The van der Waals surface area contributed by atoms with Gasteiger partial charge >= 0.3 is 5.97 Å². The quantitative estimate of drug-likeness (QED) is 0.674. The van der Waals surface area contributed by atoms with Gasteiger partial charge in [-0.15, -0.1) is 0 Å². The molecule has 0 aromatic carbocycles. The first kappa shape index (κ1) is 7.06. The number of alkyl halides is 1. The van der Waals surface area contributed by atoms with Crippen molar-refractivity contribution in [2.75, 3.05) is 5.33 Å². The number of halogens is 1. The number of aliphatic carboxylic acids is 1. The fraction of sp³-hybridized carbons (Fsp3) is 0.833. The highest BCUT2D eigenvalue weighted by Crippen LogP contribution is 2.53. The minimum Gasteiger partial charge on any atom is -0.481 e. The lowest BCUT2D eigenvalue weighted by Gasteiger charge is -2.03. The standard InChI is InChI=1S/C6H9BrO2/c1-4-2-6(4,3-7)5(8)9/h4H,2-3H2,1H3,(H,8,9). The molecule has 0 saturated heterocycles. The van der Waals surface area contributed by atoms with Crippen LogP contribution in [0.5, 0.6) is 0 Å². The van der Waals surface area contributed by atoms with Gasteiger partial charge in [-0.1, -0.05) is 22.9 Å². The first-order valence-electron chi connectivity index (χ1n) is 2.93. The second-order valence-corrected chi connectivity index (χ2v) is 3.26. The summed E-state index contributed by atoms with van der Waals surface area (Å²) in [5, 5.41) is 9.24. The Morgan fingerprint density at radius 2 is 2.44 bits per heavy atom. The van der Waals surface area contributed by atoms with Crippen molar-refractivity contribution in [1.82, 2.24) is 0 Å². The largest absolute Gasteiger partial charge is 0.481 e. The van der Waals surface area contributed by atoms with Crippen LogP contribution in [0.4, 0.5) is 0 Å². The van der Waals surface area contributed by atoms with Crippen LogP contribution in [0.2, 0.25) is 0 Å². The summed E-state index contributed by atoms with van der Waals surface area (Å²) in [5.74, 6) is -0.304. The Labute approximate surface area is 62.4 Å². The monoisotopic (exact) mass is 192 g/mol. The molecule has 9 heavy (non-hydrogen) atoms. The van der Waals surface area contributed by atoms with Crippen LogP contribution in [0.15, 0.2) is 0 Å². The zero-order valence-electron chi connectivity index (χ0n) is 5.22. The molecular formula is C6H9BrO2. The molecule has 1 aliphatic rings. The van der Waals surface area contributed by atoms with Crippen molar-refractivity contribution in [2.24, 2.45) is 11.3 Å². The molecular weight excluding hydrogens is 184 g/mol. The molecule has 0 spiro atoms. The Balaban J connectivity index is 2.62. The van der Waals surface area contributed by atoms with Gasteiger partial charge < -0.3 is 5.11 Å². The molecule has 2 nitrogen and oxygen atoms in total. The Kier molecular flexibility index (Phi) is 1.55. The maximum atomic E-state index is 10.5. The van der Waals surface area contributed by atoms with Crippen molar-refractivity contribution in [1.29, 1.82) is 0 Å². The third-order valence-electron chi connectivity index (χ3n) is 2.12. The van der Waals surface area contributed by atoms with E-state index < -0.39 is 11.4 Å². The van der Waals surface area contributed by atoms with E-state index in [9.17, 15) is 4.79 Å². The van der Waals surface area contributed by atoms with Crippen LogP contribution in [-0.4, -0.2) is 16.4 Å². The van der Waals surface area contributed by atoms with Gasteiger partial charge in [0.2, 0.25) is 0 Å². The van der Waals surface area contributed by atoms with Crippen LogP contribution in [0, 0.1) is 11.3 Å². The fourth-order valence-corrected chi connectivity index (χ4v) is 2.05. The molecule has 2 atom stereocenters. The van der Waals surface area contributed by atoms with Crippen molar-refractivity contribution < 1.29 is 9.90 Å². The van der Waals surface area contributed by atoms with Gasteiger partial charge in [-0.2, -0.15) is 0 Å². The zero-order valence-corrected chi connectivity index (χ0v) is 6.81. The third-order valence-corrected chi connectivity index (χ3v) is 3.12. The molecule has 1 N–H and O–H groups in total. The van der Waals surface area contributed by atoms with Gasteiger partial charge in [0, 0.05) is 5.33 Å². The smallest absolute Gasteiger partial charge is 0.310 e. The van der Waals surface area contributed by atoms with E-state index in [0.29, 0.717) is 11.2 Å². The molecule has 0 amide bonds. The molecule has 52 valence electrons. The van der Waals surface area contributed by atoms with Crippen molar-refractivity contribution in [3.8, 4) is 0 Å². The summed E-state index contributed by atoms with van der Waals surface area (Å²) in [6.45, 7) is 1.97. The fourth-order valence-electron chi connectivity index (χ4n) is 1.03. The molecule has 1 fully saturated rings. The van der Waals surface area contributed by atoms with Crippen molar-refractivity contribution in [3.05, 3.63) is 0 Å². The van der Waals surface area contributed by atoms with Gasteiger partial charge in [-0.3, -0.25) is 4.79 Å². The van der Waals surface area contributed by atoms with Gasteiger partial charge in [0.15, 0.2) is 0 Å². The molecule has 0 aromatic rings. The topological polar surface area (TPSA) is 37.3 Å². The molecule has 3 heteroatoms. The van der Waals surface area contributed by atoms with E-state index in [1.807, 2.05) is 6.92 Å². The van der Waals surface area contributed by atoms with Crippen LogP contribution in [0.3, 0.4) is 0 Å². The Hall–Kier alpha value is -0.0500. The van der Waals surface area contributed by atoms with Crippen LogP contribution in [-0.2, 0) is 4.79 Å². The predicted molar refractivity (Wildman–Crippen MR) is 37.6 cm³/mol. The van der Waals surface area contributed by atoms with Crippen LogP contribution in [0.25, 0.3) is 0 Å². The molecule has 1 aliphatic carbocycles. The van der Waals surface area contributed by atoms with E-state index >= 15 is 0 Å². The molecule has 0 bridgehead atoms. The van der Waals surface area contributed by atoms with Crippen LogP contribution >= 0.6 is 15.9 Å². The molecule has 1 rings (SSSR count). The van der Waals surface area contributed by atoms with Crippen LogP contribution < -0.4 is 0 Å². The van der Waals surface area contributed by atoms with Gasteiger partial charge in [-0.05, 0) is 12.3 Å². The van der Waals surface area contributed by atoms with E-state index in [0.717, 1.165) is 6.42 Å². The Bertz CT molecular complexity index is 142. The van der Waals surface area contributed by atoms with E-state index in [1.165, 1.54) is 0 Å². The lowest BCUT2D eigenvalue weighted by atomic mass is 10.1. The molecule has 1 saturated carbocycles. The number of carbonyl (C=O) groups is 1. The van der Waals surface area contributed by atoms with Gasteiger partial charge in [-0.25, -0.2) is 0 Å². The molecule has 0 aromatic heterocycles. The second-order valence-electron chi connectivity index (χ2n) is 2.70. The minimum atomic E-state index is -0.660. The maximum absolute atomic E-state index is 10.5. The first-order chi connectivity index (χ1) is 4.13. The zero-order chi connectivity index (χ0) is 7.07. The van der Waals surface area contributed by atoms with E-state index in [2.05, 4.69) is 15.9 Å². The average Bonchev–Trinajstić information content (AvgIpc) is 2.43. The number of carboxylic acid groups (broad SMARTS) is 1. The van der Waals surface area contributed by atoms with Gasteiger partial charge in [0.25, 0.3) is 0 Å². The number of hydrogen-bond donors (Lipinski definition) is 1. The van der Waals surface area contributed by atoms with E-state index in [1.54, 1.807) is 0 Å². The lowest BCUT2D eigenvalue weighted by Crippen LogP contribution is -2.18. The maximum Gasteiger partial charge on any atom is 0.310 e. The highest BCUT2D eigenvalue weighted by Gasteiger charge is 2.56. The molecule has 0 aliphatic heterocycles. The summed E-state index contributed by atoms with van der Waals surface area (Å²) in [6, 6.07) is 0. The minimum absolute atomic E-state index is 0.356. The number of rotatable bonds is 2. The normalized spacial score (nSPS) is 40.4. The van der Waals surface area contributed by atoms with Crippen molar-refractivity contribution >= 4 is 21.9 Å². The van der Waals surface area contributed by atoms with Gasteiger partial charge in [0.1, 0.15) is 0 Å². The van der Waals surface area contributed by atoms with E-state index in [4.69, 9.17) is 5.11 Å². The number of carboxylic acids is 1. The summed E-state index contributed by atoms with van der Waals surface area (Å²) < 4.78 is 0. The van der Waals surface area contributed by atoms with E-state index in [-0.39, 0.29) is 0 Å². The predicted octanol–water partition coefficient (Wildman–Crippen LogP) is 1.49. The highest BCUT2D eigenvalue weighted by atomic mass is 79.9. The third kappa shape index (κ3) is 0.874. The summed E-state index contributed by atoms with van der Waals surface area (Å²) in [6.07, 6.45) is 0.827. The lowest BCUT2D eigenvalue weighted by molar-refractivity contribution is -0.142. The Morgan fingerprint density at radius 1 is 2.00 bits per heavy atom. The van der Waals surface area contributed by atoms with Gasteiger partial charge in [0.05, 0.1) is 5.41 Å². The number of hydrogen-bond acceptors (Lipinski definition) is 1.